The predicted molar refractivity (Wildman–Crippen MR) is 204 cm³/mol. The maximum atomic E-state index is 9.33. The molecule has 0 unspecified atom stereocenters. The van der Waals surface area contributed by atoms with E-state index in [1.54, 1.807) is 6.20 Å². The number of fused-ring (bicyclic) bond motifs is 3. The van der Waals surface area contributed by atoms with Gasteiger partial charge in [-0.1, -0.05) is 109 Å². The molecule has 9 rings (SSSR count). The normalized spacial score (nSPS) is 11.1. The average molecular weight is 653 g/mol. The van der Waals surface area contributed by atoms with Gasteiger partial charge in [-0.2, -0.15) is 5.26 Å². The maximum Gasteiger partial charge on any atom is 0.166 e. The van der Waals surface area contributed by atoms with E-state index in [4.69, 9.17) is 15.0 Å². The molecule has 51 heavy (non-hydrogen) atoms. The van der Waals surface area contributed by atoms with Crippen LogP contribution in [0.2, 0.25) is 0 Å². The summed E-state index contributed by atoms with van der Waals surface area (Å²) in [7, 11) is 0. The summed E-state index contributed by atoms with van der Waals surface area (Å²) in [6.45, 7) is 0. The van der Waals surface area contributed by atoms with Crippen molar-refractivity contribution < 1.29 is 0 Å². The van der Waals surface area contributed by atoms with E-state index >= 15 is 0 Å². The van der Waals surface area contributed by atoms with Crippen LogP contribution in [0.3, 0.4) is 0 Å². The van der Waals surface area contributed by atoms with Gasteiger partial charge in [0, 0.05) is 45.4 Å². The SMILES string of the molecule is N#Cc1ccc(-c2ccc3c(c2)c2ccccc2n3-c2ccc(-c3cccnc3)cc2-c2nc(-c3ccccc3)nc(-c3ccccc3)n2)cc1. The molecule has 0 spiro atoms. The lowest BCUT2D eigenvalue weighted by atomic mass is 10.0. The number of benzene rings is 6. The lowest BCUT2D eigenvalue weighted by Crippen LogP contribution is -2.04. The smallest absolute Gasteiger partial charge is 0.166 e. The van der Waals surface area contributed by atoms with Gasteiger partial charge in [-0.3, -0.25) is 4.98 Å². The molecule has 0 bridgehead atoms. The zero-order chi connectivity index (χ0) is 34.1. The van der Waals surface area contributed by atoms with Crippen molar-refractivity contribution in [2.75, 3.05) is 0 Å². The van der Waals surface area contributed by atoms with Crippen molar-refractivity contribution in [3.05, 3.63) is 176 Å². The Morgan fingerprint density at radius 3 is 1.73 bits per heavy atom. The van der Waals surface area contributed by atoms with Crippen molar-refractivity contribution in [1.82, 2.24) is 24.5 Å². The summed E-state index contributed by atoms with van der Waals surface area (Å²) in [6.07, 6.45) is 3.66. The number of para-hydroxylation sites is 1. The van der Waals surface area contributed by atoms with E-state index in [0.717, 1.165) is 66.4 Å². The Kier molecular flexibility index (Phi) is 7.42. The molecule has 6 heteroatoms. The topological polar surface area (TPSA) is 80.3 Å². The Labute approximate surface area is 294 Å². The van der Waals surface area contributed by atoms with Gasteiger partial charge in [0.05, 0.1) is 28.4 Å². The first-order chi connectivity index (χ1) is 25.2. The average Bonchev–Trinajstić information content (AvgIpc) is 3.55. The molecule has 0 aliphatic carbocycles. The Balaban J connectivity index is 1.32. The molecule has 3 heterocycles. The van der Waals surface area contributed by atoms with Crippen LogP contribution in [0.1, 0.15) is 5.56 Å². The number of nitrogens with zero attached hydrogens (tertiary/aromatic N) is 6. The zero-order valence-electron chi connectivity index (χ0n) is 27.3. The van der Waals surface area contributed by atoms with Gasteiger partial charge in [-0.15, -0.1) is 0 Å². The number of hydrogen-bond donors (Lipinski definition) is 0. The highest BCUT2D eigenvalue weighted by molar-refractivity contribution is 6.11. The van der Waals surface area contributed by atoms with Crippen molar-refractivity contribution in [2.45, 2.75) is 0 Å². The molecule has 0 radical (unpaired) electrons. The maximum absolute atomic E-state index is 9.33. The van der Waals surface area contributed by atoms with Crippen LogP contribution >= 0.6 is 0 Å². The van der Waals surface area contributed by atoms with Gasteiger partial charge in [0.1, 0.15) is 0 Å². The molecule has 238 valence electrons. The Morgan fingerprint density at radius 2 is 1.04 bits per heavy atom. The molecule has 3 aromatic heterocycles. The van der Waals surface area contributed by atoms with Gasteiger partial charge < -0.3 is 4.57 Å². The third kappa shape index (κ3) is 5.49. The van der Waals surface area contributed by atoms with E-state index in [1.807, 2.05) is 97.2 Å². The van der Waals surface area contributed by atoms with Crippen molar-refractivity contribution >= 4 is 21.8 Å². The fourth-order valence-corrected chi connectivity index (χ4v) is 6.70. The number of pyridine rings is 1. The summed E-state index contributed by atoms with van der Waals surface area (Å²) in [4.78, 5) is 19.7. The summed E-state index contributed by atoms with van der Waals surface area (Å²) in [6, 6.07) is 55.6. The summed E-state index contributed by atoms with van der Waals surface area (Å²) >= 11 is 0. The first kappa shape index (κ1) is 29.9. The lowest BCUT2D eigenvalue weighted by molar-refractivity contribution is 1.06. The Bertz CT molecular complexity index is 2670. The monoisotopic (exact) mass is 652 g/mol. The number of hydrogen-bond acceptors (Lipinski definition) is 5. The van der Waals surface area contributed by atoms with Crippen LogP contribution in [0.4, 0.5) is 0 Å². The second-order valence-corrected chi connectivity index (χ2v) is 12.3. The minimum absolute atomic E-state index is 0.573. The van der Waals surface area contributed by atoms with Crippen LogP contribution in [0.15, 0.2) is 170 Å². The second kappa shape index (κ2) is 12.7. The van der Waals surface area contributed by atoms with Crippen LogP contribution in [0.25, 0.3) is 83.9 Å². The van der Waals surface area contributed by atoms with E-state index in [9.17, 15) is 5.26 Å². The number of rotatable bonds is 6. The highest BCUT2D eigenvalue weighted by Crippen LogP contribution is 2.39. The van der Waals surface area contributed by atoms with E-state index in [0.29, 0.717) is 23.0 Å². The van der Waals surface area contributed by atoms with E-state index < -0.39 is 0 Å². The Morgan fingerprint density at radius 1 is 0.451 bits per heavy atom. The van der Waals surface area contributed by atoms with Crippen molar-refractivity contribution in [1.29, 1.82) is 5.26 Å². The largest absolute Gasteiger partial charge is 0.309 e. The second-order valence-electron chi connectivity index (χ2n) is 12.3. The predicted octanol–water partition coefficient (Wildman–Crippen LogP) is 10.6. The van der Waals surface area contributed by atoms with E-state index in [-0.39, 0.29) is 0 Å². The van der Waals surface area contributed by atoms with Crippen molar-refractivity contribution in [2.24, 2.45) is 0 Å². The Hall–Kier alpha value is -7.23. The van der Waals surface area contributed by atoms with Gasteiger partial charge in [-0.05, 0) is 65.2 Å². The molecule has 6 aromatic carbocycles. The third-order valence-corrected chi connectivity index (χ3v) is 9.19. The van der Waals surface area contributed by atoms with Gasteiger partial charge >= 0.3 is 0 Å². The van der Waals surface area contributed by atoms with Crippen molar-refractivity contribution in [3.8, 4) is 68.2 Å². The van der Waals surface area contributed by atoms with Gasteiger partial charge in [-0.25, -0.2) is 15.0 Å². The number of aromatic nitrogens is 5. The fourth-order valence-electron chi connectivity index (χ4n) is 6.70. The molecule has 9 aromatic rings. The number of nitriles is 1. The molecule has 0 saturated carbocycles. The molecule has 6 nitrogen and oxygen atoms in total. The molecule has 0 amide bonds. The lowest BCUT2D eigenvalue weighted by Gasteiger charge is -2.16. The molecule has 0 aliphatic heterocycles. The third-order valence-electron chi connectivity index (χ3n) is 9.19. The summed E-state index contributed by atoms with van der Waals surface area (Å²) in [5.41, 5.74) is 10.6. The highest BCUT2D eigenvalue weighted by Gasteiger charge is 2.20. The summed E-state index contributed by atoms with van der Waals surface area (Å²) in [5, 5.41) is 11.6. The molecular formula is C45H28N6. The van der Waals surface area contributed by atoms with Crippen LogP contribution in [-0.2, 0) is 0 Å². The van der Waals surface area contributed by atoms with Gasteiger partial charge in [0.15, 0.2) is 17.5 Å². The first-order valence-corrected chi connectivity index (χ1v) is 16.7. The standard InChI is InChI=1S/C45H28N6/c46-28-30-17-19-31(20-18-30)34-21-23-41-38(26-34)37-15-7-8-16-40(37)51(41)42-24-22-35(36-14-9-25-47-29-36)27-39(42)45-49-43(32-10-3-1-4-11-32)48-44(50-45)33-12-5-2-6-13-33/h1-27,29H. The molecule has 0 saturated heterocycles. The van der Waals surface area contributed by atoms with Gasteiger partial charge in [0.2, 0.25) is 0 Å². The van der Waals surface area contributed by atoms with Crippen molar-refractivity contribution in [3.63, 3.8) is 0 Å². The molecular weight excluding hydrogens is 625 g/mol. The minimum atomic E-state index is 0.573. The zero-order valence-corrected chi connectivity index (χ0v) is 27.3. The highest BCUT2D eigenvalue weighted by atomic mass is 15.1. The summed E-state index contributed by atoms with van der Waals surface area (Å²) < 4.78 is 2.31. The molecule has 0 N–H and O–H groups in total. The molecule has 0 atom stereocenters. The first-order valence-electron chi connectivity index (χ1n) is 16.7. The fraction of sp³-hybridized carbons (Fsp3) is 0. The van der Waals surface area contributed by atoms with Crippen LogP contribution in [0, 0.1) is 11.3 Å². The van der Waals surface area contributed by atoms with Gasteiger partial charge in [0.25, 0.3) is 0 Å². The minimum Gasteiger partial charge on any atom is -0.309 e. The van der Waals surface area contributed by atoms with Crippen LogP contribution in [-0.4, -0.2) is 24.5 Å². The molecule has 0 fully saturated rings. The molecule has 0 aliphatic rings. The van der Waals surface area contributed by atoms with Crippen LogP contribution < -0.4 is 0 Å². The van der Waals surface area contributed by atoms with E-state index in [2.05, 4.69) is 82.4 Å². The summed E-state index contributed by atoms with van der Waals surface area (Å²) in [5.74, 6) is 1.78. The quantitative estimate of drug-likeness (QED) is 0.179. The van der Waals surface area contributed by atoms with Crippen LogP contribution in [0.5, 0.6) is 0 Å². The van der Waals surface area contributed by atoms with E-state index in [1.165, 1.54) is 0 Å².